The van der Waals surface area contributed by atoms with Crippen LogP contribution in [0.2, 0.25) is 0 Å². The zero-order valence-corrected chi connectivity index (χ0v) is 29.5. The van der Waals surface area contributed by atoms with E-state index < -0.39 is 0 Å². The average molecular weight is 700 g/mol. The molecule has 0 saturated carbocycles. The van der Waals surface area contributed by atoms with E-state index in [2.05, 4.69) is 170 Å². The van der Waals surface area contributed by atoms with Gasteiger partial charge in [-0.2, -0.15) is 5.26 Å². The maximum Gasteiger partial charge on any atom is 0.188 e. The molecule has 8 aromatic carbocycles. The van der Waals surface area contributed by atoms with E-state index in [1.165, 1.54) is 21.5 Å². The third-order valence-electron chi connectivity index (χ3n) is 11.0. The lowest BCUT2D eigenvalue weighted by molar-refractivity contribution is 1.13. The molecule has 5 heteroatoms. The highest BCUT2D eigenvalue weighted by Crippen LogP contribution is 2.41. The van der Waals surface area contributed by atoms with Gasteiger partial charge < -0.3 is 13.7 Å². The van der Waals surface area contributed by atoms with Crippen molar-refractivity contribution in [3.8, 4) is 34.3 Å². The number of rotatable bonds is 4. The number of para-hydroxylation sites is 5. The fourth-order valence-corrected chi connectivity index (χ4v) is 8.74. The van der Waals surface area contributed by atoms with Gasteiger partial charge in [0.25, 0.3) is 0 Å². The first kappa shape index (κ1) is 30.7. The smallest absolute Gasteiger partial charge is 0.188 e. The first-order valence-corrected chi connectivity index (χ1v) is 18.3. The van der Waals surface area contributed by atoms with Gasteiger partial charge in [0.2, 0.25) is 0 Å². The normalized spacial score (nSPS) is 11.6. The molecule has 3 aromatic heterocycles. The molecular weight excluding hydrogens is 671 g/mol. The van der Waals surface area contributed by atoms with Crippen LogP contribution in [0.15, 0.2) is 176 Å². The molecule has 0 aliphatic rings. The van der Waals surface area contributed by atoms with Gasteiger partial charge in [0.15, 0.2) is 5.69 Å². The van der Waals surface area contributed by atoms with Crippen LogP contribution in [-0.4, -0.2) is 13.7 Å². The first-order valence-electron chi connectivity index (χ1n) is 18.3. The van der Waals surface area contributed by atoms with Crippen LogP contribution in [0.25, 0.3) is 98.5 Å². The van der Waals surface area contributed by atoms with E-state index in [0.717, 1.165) is 72.1 Å². The van der Waals surface area contributed by atoms with Gasteiger partial charge in [-0.1, -0.05) is 103 Å². The predicted octanol–water partition coefficient (Wildman–Crippen LogP) is 13.1. The van der Waals surface area contributed by atoms with Crippen molar-refractivity contribution in [1.29, 1.82) is 5.26 Å². The summed E-state index contributed by atoms with van der Waals surface area (Å²) in [6, 6.07) is 63.7. The Morgan fingerprint density at radius 2 is 0.964 bits per heavy atom. The fraction of sp³-hybridized carbons (Fsp3) is 0. The molecule has 254 valence electrons. The standard InChI is InChI=1S/C50H29N5/c1-52-35-24-25-48-43(30-35)42-18-11-23-49(55-46-21-8-4-16-40(46)41-17-5-9-22-47(41)55)50(42)54(48)37-27-32(31-51)26-34(29-37)33-12-10-13-36(28-33)53-44-19-6-2-14-38(44)39-15-3-7-20-45(39)53/h2-30H. The van der Waals surface area contributed by atoms with E-state index in [1.54, 1.807) is 0 Å². The van der Waals surface area contributed by atoms with Crippen molar-refractivity contribution in [1.82, 2.24) is 13.7 Å². The number of hydrogen-bond donors (Lipinski definition) is 0. The molecule has 0 aliphatic carbocycles. The summed E-state index contributed by atoms with van der Waals surface area (Å²) in [7, 11) is 0. The van der Waals surface area contributed by atoms with Gasteiger partial charge in [-0.15, -0.1) is 0 Å². The molecule has 11 rings (SSSR count). The molecule has 0 spiro atoms. The zero-order valence-electron chi connectivity index (χ0n) is 29.5. The monoisotopic (exact) mass is 699 g/mol. The third-order valence-corrected chi connectivity index (χ3v) is 11.0. The highest BCUT2D eigenvalue weighted by Gasteiger charge is 2.21. The molecule has 55 heavy (non-hydrogen) atoms. The summed E-state index contributed by atoms with van der Waals surface area (Å²) in [5.74, 6) is 0. The Morgan fingerprint density at radius 3 is 1.58 bits per heavy atom. The Balaban J connectivity index is 1.19. The van der Waals surface area contributed by atoms with Crippen molar-refractivity contribution in [2.24, 2.45) is 0 Å². The second-order valence-corrected chi connectivity index (χ2v) is 14.0. The van der Waals surface area contributed by atoms with Crippen molar-refractivity contribution in [2.45, 2.75) is 0 Å². The van der Waals surface area contributed by atoms with Gasteiger partial charge in [0, 0.05) is 38.3 Å². The van der Waals surface area contributed by atoms with Gasteiger partial charge in [-0.25, -0.2) is 4.85 Å². The van der Waals surface area contributed by atoms with Gasteiger partial charge in [-0.3, -0.25) is 0 Å². The van der Waals surface area contributed by atoms with Crippen LogP contribution in [0, 0.1) is 17.9 Å². The highest BCUT2D eigenvalue weighted by atomic mass is 15.1. The Labute approximate surface area is 316 Å². The number of nitriles is 1. The molecule has 0 fully saturated rings. The molecule has 0 unspecified atom stereocenters. The molecule has 0 N–H and O–H groups in total. The van der Waals surface area contributed by atoms with Crippen molar-refractivity contribution in [2.75, 3.05) is 0 Å². The fourth-order valence-electron chi connectivity index (χ4n) is 8.74. The van der Waals surface area contributed by atoms with E-state index in [1.807, 2.05) is 30.3 Å². The topological polar surface area (TPSA) is 42.9 Å². The molecule has 0 aliphatic heterocycles. The van der Waals surface area contributed by atoms with Gasteiger partial charge in [0.1, 0.15) is 0 Å². The SMILES string of the molecule is [C-]#[N+]c1ccc2c(c1)c1cccc(-n3c4ccccc4c4ccccc43)c1n2-c1cc(C#N)cc(-c2cccc(-n3c4ccccc4c4ccccc43)c2)c1. The number of benzene rings is 8. The largest absolute Gasteiger partial charge is 0.309 e. The number of fused-ring (bicyclic) bond motifs is 9. The minimum Gasteiger partial charge on any atom is -0.309 e. The molecular formula is C50H29N5. The summed E-state index contributed by atoms with van der Waals surface area (Å²) in [6.07, 6.45) is 0. The summed E-state index contributed by atoms with van der Waals surface area (Å²) >= 11 is 0. The lowest BCUT2D eigenvalue weighted by Crippen LogP contribution is -2.01. The van der Waals surface area contributed by atoms with Crippen LogP contribution in [0.1, 0.15) is 5.56 Å². The van der Waals surface area contributed by atoms with E-state index >= 15 is 0 Å². The molecule has 0 amide bonds. The first-order chi connectivity index (χ1) is 27.2. The van der Waals surface area contributed by atoms with Crippen LogP contribution in [0.4, 0.5) is 5.69 Å². The van der Waals surface area contributed by atoms with E-state index in [-0.39, 0.29) is 0 Å². The molecule has 5 nitrogen and oxygen atoms in total. The van der Waals surface area contributed by atoms with E-state index in [0.29, 0.717) is 11.3 Å². The van der Waals surface area contributed by atoms with Crippen LogP contribution >= 0.6 is 0 Å². The summed E-state index contributed by atoms with van der Waals surface area (Å²) < 4.78 is 6.95. The molecule has 0 saturated heterocycles. The maximum absolute atomic E-state index is 10.5. The van der Waals surface area contributed by atoms with E-state index in [4.69, 9.17) is 6.57 Å². The predicted molar refractivity (Wildman–Crippen MR) is 226 cm³/mol. The maximum atomic E-state index is 10.5. The highest BCUT2D eigenvalue weighted by molar-refractivity contribution is 6.16. The van der Waals surface area contributed by atoms with Gasteiger partial charge in [-0.05, 0) is 89.3 Å². The zero-order chi connectivity index (χ0) is 36.6. The second kappa shape index (κ2) is 11.8. The number of nitrogens with zero attached hydrogens (tertiary/aromatic N) is 5. The summed E-state index contributed by atoms with van der Waals surface area (Å²) in [4.78, 5) is 3.80. The molecule has 11 aromatic rings. The Hall–Kier alpha value is -7.86. The molecule has 0 bridgehead atoms. The molecule has 0 atom stereocenters. The lowest BCUT2D eigenvalue weighted by atomic mass is 10.0. The average Bonchev–Trinajstić information content (AvgIpc) is 3.89. The van der Waals surface area contributed by atoms with E-state index in [9.17, 15) is 5.26 Å². The Kier molecular flexibility index (Phi) is 6.61. The molecule has 0 radical (unpaired) electrons. The van der Waals surface area contributed by atoms with Crippen molar-refractivity contribution in [3.05, 3.63) is 193 Å². The van der Waals surface area contributed by atoms with Crippen molar-refractivity contribution < 1.29 is 0 Å². The van der Waals surface area contributed by atoms with Crippen molar-refractivity contribution in [3.63, 3.8) is 0 Å². The van der Waals surface area contributed by atoms with Crippen LogP contribution in [0.5, 0.6) is 0 Å². The summed E-state index contributed by atoms with van der Waals surface area (Å²) in [5, 5.41) is 17.3. The van der Waals surface area contributed by atoms with Gasteiger partial charge >= 0.3 is 0 Å². The minimum absolute atomic E-state index is 0.567. The minimum atomic E-state index is 0.567. The number of aromatic nitrogens is 3. The van der Waals surface area contributed by atoms with Crippen molar-refractivity contribution >= 4 is 71.1 Å². The summed E-state index contributed by atoms with van der Waals surface area (Å²) in [5.41, 5.74) is 12.6. The van der Waals surface area contributed by atoms with Crippen LogP contribution in [0.3, 0.4) is 0 Å². The summed E-state index contributed by atoms with van der Waals surface area (Å²) in [6.45, 7) is 7.85. The van der Waals surface area contributed by atoms with Crippen LogP contribution in [-0.2, 0) is 0 Å². The Morgan fingerprint density at radius 1 is 0.418 bits per heavy atom. The van der Waals surface area contributed by atoms with Crippen LogP contribution < -0.4 is 0 Å². The molecule has 3 heterocycles. The quantitative estimate of drug-likeness (QED) is 0.169. The lowest BCUT2D eigenvalue weighted by Gasteiger charge is -2.16. The van der Waals surface area contributed by atoms with Gasteiger partial charge in [0.05, 0.1) is 57.0 Å². The Bertz CT molecular complexity index is 3360. The number of hydrogen-bond acceptors (Lipinski definition) is 1. The second-order valence-electron chi connectivity index (χ2n) is 14.0. The third kappa shape index (κ3) is 4.51.